The van der Waals surface area contributed by atoms with Crippen molar-refractivity contribution in [1.82, 2.24) is 24.3 Å². The number of imidazole rings is 1. The Kier molecular flexibility index (Phi) is 22.9. The fourth-order valence-electron chi connectivity index (χ4n) is 8.40. The van der Waals surface area contributed by atoms with E-state index in [9.17, 15) is 9.90 Å². The van der Waals surface area contributed by atoms with E-state index in [4.69, 9.17) is 44.7 Å². The molecule has 4 N–H and O–H groups in total. The van der Waals surface area contributed by atoms with Crippen LogP contribution in [-0.2, 0) is 40.0 Å². The van der Waals surface area contributed by atoms with Crippen LogP contribution in [0.4, 0.5) is 5.82 Å². The molecule has 3 aromatic heterocycles. The van der Waals surface area contributed by atoms with Crippen LogP contribution in [0.25, 0.3) is 28.2 Å². The Morgan fingerprint density at radius 3 is 1.51 bits per heavy atom. The van der Waals surface area contributed by atoms with Gasteiger partial charge >= 0.3 is 0 Å². The largest absolute Gasteiger partial charge is 0.494 e. The maximum Gasteiger partial charge on any atom is 0.219 e. The predicted molar refractivity (Wildman–Crippen MR) is 309 cm³/mol. The molecule has 0 unspecified atom stereocenters. The van der Waals surface area contributed by atoms with Gasteiger partial charge in [-0.25, -0.2) is 19.9 Å². The van der Waals surface area contributed by atoms with Crippen LogP contribution in [0.15, 0.2) is 182 Å². The number of nitrogens with zero attached hydrogens (tertiary/aromatic N) is 5. The average molecular weight is 1050 g/mol. The number of nitrogen functional groups attached to an aromatic ring is 1. The van der Waals surface area contributed by atoms with Crippen LogP contribution in [0.3, 0.4) is 0 Å². The number of unbranched alkanes of at least 4 members (excludes halogenated alkanes) is 3. The van der Waals surface area contributed by atoms with E-state index in [0.717, 1.165) is 88.0 Å². The van der Waals surface area contributed by atoms with Gasteiger partial charge in [0.1, 0.15) is 23.0 Å². The summed E-state index contributed by atoms with van der Waals surface area (Å²) in [5.41, 5.74) is 16.8. The van der Waals surface area contributed by atoms with Crippen molar-refractivity contribution in [2.24, 2.45) is 0 Å². The molecule has 0 aliphatic heterocycles. The minimum Gasteiger partial charge on any atom is -0.494 e. The number of nitrogens with two attached hydrogens (primary N) is 1. The lowest BCUT2D eigenvalue weighted by Gasteiger charge is -2.15. The lowest BCUT2D eigenvalue weighted by molar-refractivity contribution is -0.167. The number of ketones is 1. The van der Waals surface area contributed by atoms with Crippen LogP contribution < -0.4 is 15.2 Å². The van der Waals surface area contributed by atoms with Gasteiger partial charge < -0.3 is 34.9 Å². The van der Waals surface area contributed by atoms with E-state index in [0.29, 0.717) is 62.7 Å². The highest BCUT2D eigenvalue weighted by Crippen LogP contribution is 2.30. The number of carbonyl (C=O) groups is 1. The third-order valence-corrected chi connectivity index (χ3v) is 12.5. The second-order valence-electron chi connectivity index (χ2n) is 18.5. The van der Waals surface area contributed by atoms with Gasteiger partial charge in [0.25, 0.3) is 0 Å². The van der Waals surface area contributed by atoms with Crippen molar-refractivity contribution < 1.29 is 34.0 Å². The molecule has 13 heteroatoms. The number of rotatable bonds is 25. The van der Waals surface area contributed by atoms with Crippen LogP contribution in [-0.4, -0.2) is 79.7 Å². The van der Waals surface area contributed by atoms with E-state index in [1.807, 2.05) is 166 Å². The molecular formula is C65H72N6O7. The molecule has 0 spiro atoms. The Morgan fingerprint density at radius 1 is 0.551 bits per heavy atom. The summed E-state index contributed by atoms with van der Waals surface area (Å²) in [5, 5.41) is 20.1. The molecule has 0 aliphatic rings. The molecule has 9 rings (SSSR count). The zero-order valence-corrected chi connectivity index (χ0v) is 45.0. The predicted octanol–water partition coefficient (Wildman–Crippen LogP) is 12.5. The fraction of sp³-hybridized carbons (Fsp3) is 0.277. The molecule has 13 nitrogen and oxygen atoms in total. The van der Waals surface area contributed by atoms with Gasteiger partial charge in [-0.3, -0.25) is 9.20 Å². The summed E-state index contributed by atoms with van der Waals surface area (Å²) in [7, 11) is 0. The Labute approximate surface area is 458 Å². The summed E-state index contributed by atoms with van der Waals surface area (Å²) in [5.74, 6) is 2.25. The Morgan fingerprint density at radius 2 is 1.01 bits per heavy atom. The van der Waals surface area contributed by atoms with E-state index in [1.54, 1.807) is 10.6 Å². The van der Waals surface area contributed by atoms with Crippen molar-refractivity contribution in [3.8, 4) is 39.9 Å². The molecule has 0 saturated heterocycles. The molecule has 404 valence electrons. The highest BCUT2D eigenvalue weighted by atomic mass is 16.7. The van der Waals surface area contributed by atoms with Gasteiger partial charge in [-0.15, -0.1) is 0 Å². The third kappa shape index (κ3) is 17.7. The highest BCUT2D eigenvalue weighted by molar-refractivity contribution is 5.84. The van der Waals surface area contributed by atoms with Crippen molar-refractivity contribution in [1.29, 1.82) is 0 Å². The van der Waals surface area contributed by atoms with Crippen LogP contribution >= 0.6 is 0 Å². The summed E-state index contributed by atoms with van der Waals surface area (Å²) >= 11 is 0. The first kappa shape index (κ1) is 57.5. The number of aliphatic hydroxyl groups excluding tert-OH is 1. The summed E-state index contributed by atoms with van der Waals surface area (Å²) in [6, 6.07) is 55.7. The number of hydrogen-bond donors (Lipinski definition) is 3. The number of aliphatic hydroxyl groups is 1. The SMILES string of the molecule is CCCCCOc1ccc(-c2cnc(N)c(Cc3ccccc3)n2)cc1.CCOC(OCC)C(=O)Cc1ccccc1.OCCCCOc1ccc(-c2cn3c(O)c(Cc4ccccc4)nc3c(Cc3ccccc3)n2)cc1. The standard InChI is InChI=1S/C30H29N3O3.C22H25N3O.C13H18O3/c34-17-7-8-18-36-25-15-13-24(14-16-25)28-21-33-29(26(31-28)19-22-9-3-1-4-10-22)32-27(30(33)35)20-23-11-5-2-6-12-23;1-2-3-7-14-26-19-12-10-18(11-13-19)21-16-24-22(23)20(25-21)15-17-8-5-4-6-9-17;1-3-15-13(16-4-2)12(14)10-11-8-6-5-7-9-11/h1-6,9-16,21,34-35H,7-8,17-20H2;4-6,8-13,16H,2-3,7,14-15H2,1H3,(H2,23,24);5-9,13H,3-4,10H2,1-2H3. The first-order valence-electron chi connectivity index (χ1n) is 26.9. The number of hydrogen-bond acceptors (Lipinski definition) is 12. The number of aromatic hydroxyl groups is 1. The van der Waals surface area contributed by atoms with E-state index in [2.05, 4.69) is 36.2 Å². The molecule has 0 saturated carbocycles. The van der Waals surface area contributed by atoms with Gasteiger partial charge in [-0.05, 0) is 104 Å². The van der Waals surface area contributed by atoms with Crippen LogP contribution in [0, 0.1) is 0 Å². The van der Waals surface area contributed by atoms with E-state index in [1.165, 1.54) is 18.4 Å². The van der Waals surface area contributed by atoms with Crippen LogP contribution in [0.5, 0.6) is 17.4 Å². The molecule has 3 heterocycles. The molecule has 0 radical (unpaired) electrons. The van der Waals surface area contributed by atoms with Gasteiger partial charge in [0.15, 0.2) is 11.4 Å². The van der Waals surface area contributed by atoms with Crippen LogP contribution in [0.2, 0.25) is 0 Å². The second kappa shape index (κ2) is 31.1. The van der Waals surface area contributed by atoms with Gasteiger partial charge in [-0.1, -0.05) is 141 Å². The maximum absolute atomic E-state index is 11.8. The molecule has 6 aromatic carbocycles. The lowest BCUT2D eigenvalue weighted by Crippen LogP contribution is -2.29. The quantitative estimate of drug-likeness (QED) is 0.0365. The zero-order chi connectivity index (χ0) is 54.7. The number of anilines is 1. The minimum atomic E-state index is -0.727. The van der Waals surface area contributed by atoms with Gasteiger partial charge in [0.2, 0.25) is 12.2 Å². The minimum absolute atomic E-state index is 0.0325. The molecular weight excluding hydrogens is 977 g/mol. The van der Waals surface area contributed by atoms with Crippen molar-refractivity contribution >= 4 is 17.2 Å². The monoisotopic (exact) mass is 1050 g/mol. The van der Waals surface area contributed by atoms with Crippen molar-refractivity contribution in [3.63, 3.8) is 0 Å². The number of benzene rings is 6. The molecule has 0 atom stereocenters. The first-order chi connectivity index (χ1) is 38.2. The van der Waals surface area contributed by atoms with Gasteiger partial charge in [0, 0.05) is 62.8 Å². The summed E-state index contributed by atoms with van der Waals surface area (Å²) in [6.07, 6.45) is 10.0. The number of fused-ring (bicyclic) bond motifs is 1. The number of Topliss-reactive ketones (excluding diaryl/α,β-unsaturated/α-hetero) is 1. The zero-order valence-electron chi connectivity index (χ0n) is 45.0. The molecule has 0 fully saturated rings. The highest BCUT2D eigenvalue weighted by Gasteiger charge is 2.20. The topological polar surface area (TPSA) is 176 Å². The summed E-state index contributed by atoms with van der Waals surface area (Å²) < 4.78 is 23.8. The summed E-state index contributed by atoms with van der Waals surface area (Å²) in [6.45, 7) is 8.35. The fourth-order valence-corrected chi connectivity index (χ4v) is 8.40. The Balaban J connectivity index is 0.000000184. The number of carbonyl (C=O) groups excluding carboxylic acids is 1. The van der Waals surface area contributed by atoms with E-state index in [-0.39, 0.29) is 18.3 Å². The maximum atomic E-state index is 11.8. The summed E-state index contributed by atoms with van der Waals surface area (Å²) in [4.78, 5) is 30.7. The van der Waals surface area contributed by atoms with Crippen LogP contribution in [0.1, 0.15) is 92.2 Å². The molecule has 0 amide bonds. The smallest absolute Gasteiger partial charge is 0.219 e. The van der Waals surface area contributed by atoms with Gasteiger partial charge in [0.05, 0.1) is 42.2 Å². The van der Waals surface area contributed by atoms with E-state index < -0.39 is 6.29 Å². The molecule has 78 heavy (non-hydrogen) atoms. The number of aromatic nitrogens is 5. The number of ether oxygens (including phenoxy) is 4. The lowest BCUT2D eigenvalue weighted by atomic mass is 10.1. The van der Waals surface area contributed by atoms with Crippen molar-refractivity contribution in [2.45, 2.75) is 84.8 Å². The Bertz CT molecular complexity index is 3150. The normalized spacial score (nSPS) is 10.9. The second-order valence-corrected chi connectivity index (χ2v) is 18.5. The van der Waals surface area contributed by atoms with Gasteiger partial charge in [-0.2, -0.15) is 0 Å². The Hall–Kier alpha value is -8.23. The molecule has 0 aliphatic carbocycles. The molecule has 0 bridgehead atoms. The first-order valence-corrected chi connectivity index (χ1v) is 26.9. The van der Waals surface area contributed by atoms with Crippen molar-refractivity contribution in [3.05, 3.63) is 222 Å². The third-order valence-electron chi connectivity index (χ3n) is 12.5. The van der Waals surface area contributed by atoms with E-state index >= 15 is 0 Å². The molecule has 9 aromatic rings. The van der Waals surface area contributed by atoms with Crippen molar-refractivity contribution in [2.75, 3.05) is 38.8 Å². The average Bonchev–Trinajstić information content (AvgIpc) is 3.80.